The molecule has 0 aromatic rings. The van der Waals surface area contributed by atoms with E-state index in [-0.39, 0.29) is 0 Å². The van der Waals surface area contributed by atoms with Gasteiger partial charge < -0.3 is 4.84 Å². The first kappa shape index (κ1) is 10.6. The van der Waals surface area contributed by atoms with Gasteiger partial charge in [0.1, 0.15) is 6.10 Å². The Kier molecular flexibility index (Phi) is 4.26. The summed E-state index contributed by atoms with van der Waals surface area (Å²) >= 11 is 0. The van der Waals surface area contributed by atoms with Crippen molar-refractivity contribution >= 4 is 5.71 Å². The second-order valence-electron chi connectivity index (χ2n) is 3.75. The van der Waals surface area contributed by atoms with E-state index in [1.807, 2.05) is 0 Å². The lowest BCUT2D eigenvalue weighted by Crippen LogP contribution is -2.21. The van der Waals surface area contributed by atoms with Crippen LogP contribution in [0.2, 0.25) is 0 Å². The molecule has 0 aromatic carbocycles. The Labute approximate surface area is 81.3 Å². The Morgan fingerprint density at radius 3 is 2.54 bits per heavy atom. The SMILES string of the molecule is CCCCC1=NOC(CC)C1CC. The molecule has 2 nitrogen and oxygen atoms in total. The summed E-state index contributed by atoms with van der Waals surface area (Å²) in [5.74, 6) is 0.594. The normalized spacial score (nSPS) is 27.2. The van der Waals surface area contributed by atoms with Crippen LogP contribution in [-0.4, -0.2) is 11.8 Å². The molecule has 13 heavy (non-hydrogen) atoms. The van der Waals surface area contributed by atoms with E-state index < -0.39 is 0 Å². The smallest absolute Gasteiger partial charge is 0.135 e. The summed E-state index contributed by atoms with van der Waals surface area (Å²) in [6, 6.07) is 0. The highest BCUT2D eigenvalue weighted by Gasteiger charge is 2.30. The fraction of sp³-hybridized carbons (Fsp3) is 0.909. The van der Waals surface area contributed by atoms with Crippen LogP contribution in [0.4, 0.5) is 0 Å². The minimum Gasteiger partial charge on any atom is -0.392 e. The highest BCUT2D eigenvalue weighted by molar-refractivity contribution is 5.87. The first-order chi connectivity index (χ1) is 6.33. The zero-order valence-electron chi connectivity index (χ0n) is 9.05. The van der Waals surface area contributed by atoms with Crippen molar-refractivity contribution in [1.82, 2.24) is 0 Å². The fourth-order valence-corrected chi connectivity index (χ4v) is 1.94. The molecule has 1 heterocycles. The average Bonchev–Trinajstić information content (AvgIpc) is 2.56. The lowest BCUT2D eigenvalue weighted by Gasteiger charge is -2.14. The van der Waals surface area contributed by atoms with Crippen LogP contribution in [0.3, 0.4) is 0 Å². The summed E-state index contributed by atoms with van der Waals surface area (Å²) in [4.78, 5) is 5.40. The Morgan fingerprint density at radius 2 is 2.00 bits per heavy atom. The second kappa shape index (κ2) is 5.25. The molecule has 0 aliphatic carbocycles. The first-order valence-corrected chi connectivity index (χ1v) is 5.56. The van der Waals surface area contributed by atoms with Gasteiger partial charge in [0.2, 0.25) is 0 Å². The van der Waals surface area contributed by atoms with Gasteiger partial charge in [0.05, 0.1) is 5.71 Å². The summed E-state index contributed by atoms with van der Waals surface area (Å²) in [5.41, 5.74) is 1.30. The van der Waals surface area contributed by atoms with Gasteiger partial charge in [0.25, 0.3) is 0 Å². The van der Waals surface area contributed by atoms with Crippen LogP contribution in [0.25, 0.3) is 0 Å². The molecular weight excluding hydrogens is 162 g/mol. The maximum atomic E-state index is 5.40. The van der Waals surface area contributed by atoms with Crippen LogP contribution in [0, 0.1) is 5.92 Å². The topological polar surface area (TPSA) is 21.6 Å². The molecule has 2 unspecified atom stereocenters. The molecule has 0 N–H and O–H groups in total. The van der Waals surface area contributed by atoms with Crippen molar-refractivity contribution in [3.8, 4) is 0 Å². The zero-order valence-corrected chi connectivity index (χ0v) is 9.05. The molecule has 0 spiro atoms. The van der Waals surface area contributed by atoms with Crippen LogP contribution in [0.1, 0.15) is 52.9 Å². The van der Waals surface area contributed by atoms with Crippen LogP contribution in [0.15, 0.2) is 5.16 Å². The summed E-state index contributed by atoms with van der Waals surface area (Å²) in [6.07, 6.45) is 6.22. The van der Waals surface area contributed by atoms with Crippen LogP contribution < -0.4 is 0 Å². The molecule has 0 aromatic heterocycles. The van der Waals surface area contributed by atoms with Crippen LogP contribution >= 0.6 is 0 Å². The van der Waals surface area contributed by atoms with E-state index in [1.54, 1.807) is 0 Å². The van der Waals surface area contributed by atoms with E-state index in [9.17, 15) is 0 Å². The number of hydrogen-bond acceptors (Lipinski definition) is 2. The van der Waals surface area contributed by atoms with Gasteiger partial charge in [-0.1, -0.05) is 32.3 Å². The van der Waals surface area contributed by atoms with Gasteiger partial charge in [0, 0.05) is 5.92 Å². The van der Waals surface area contributed by atoms with E-state index in [0.717, 1.165) is 12.8 Å². The molecule has 76 valence electrons. The van der Waals surface area contributed by atoms with E-state index >= 15 is 0 Å². The lowest BCUT2D eigenvalue weighted by atomic mass is 9.90. The third-order valence-corrected chi connectivity index (χ3v) is 2.81. The third kappa shape index (κ3) is 2.45. The number of nitrogens with zero attached hydrogens (tertiary/aromatic N) is 1. The van der Waals surface area contributed by atoms with E-state index in [1.165, 1.54) is 25.0 Å². The molecule has 1 aliphatic rings. The predicted molar refractivity (Wildman–Crippen MR) is 55.9 cm³/mol. The maximum Gasteiger partial charge on any atom is 0.135 e. The van der Waals surface area contributed by atoms with Gasteiger partial charge in [-0.2, -0.15) is 0 Å². The maximum absolute atomic E-state index is 5.40. The number of hydrogen-bond donors (Lipinski definition) is 0. The second-order valence-corrected chi connectivity index (χ2v) is 3.75. The van der Waals surface area contributed by atoms with Crippen molar-refractivity contribution < 1.29 is 4.84 Å². The molecule has 1 rings (SSSR count). The average molecular weight is 183 g/mol. The molecule has 0 saturated carbocycles. The van der Waals surface area contributed by atoms with Crippen molar-refractivity contribution in [1.29, 1.82) is 0 Å². The van der Waals surface area contributed by atoms with Gasteiger partial charge in [-0.15, -0.1) is 0 Å². The predicted octanol–water partition coefficient (Wildman–Crippen LogP) is 3.37. The molecule has 0 bridgehead atoms. The third-order valence-electron chi connectivity index (χ3n) is 2.81. The quantitative estimate of drug-likeness (QED) is 0.640. The van der Waals surface area contributed by atoms with Crippen molar-refractivity contribution in [2.24, 2.45) is 11.1 Å². The van der Waals surface area contributed by atoms with Crippen molar-refractivity contribution in [3.63, 3.8) is 0 Å². The Bertz CT molecular complexity index is 177. The zero-order chi connectivity index (χ0) is 9.68. The molecular formula is C11H21NO. The van der Waals surface area contributed by atoms with Crippen molar-refractivity contribution in [3.05, 3.63) is 0 Å². The fourth-order valence-electron chi connectivity index (χ4n) is 1.94. The van der Waals surface area contributed by atoms with E-state index in [0.29, 0.717) is 12.0 Å². The molecule has 0 fully saturated rings. The number of rotatable bonds is 5. The van der Waals surface area contributed by atoms with E-state index in [4.69, 9.17) is 4.84 Å². The van der Waals surface area contributed by atoms with Crippen molar-refractivity contribution in [2.45, 2.75) is 59.0 Å². The summed E-state index contributed by atoms with van der Waals surface area (Å²) < 4.78 is 0. The number of oxime groups is 1. The van der Waals surface area contributed by atoms with E-state index in [2.05, 4.69) is 25.9 Å². The monoisotopic (exact) mass is 183 g/mol. The number of unbranched alkanes of at least 4 members (excludes halogenated alkanes) is 1. The van der Waals surface area contributed by atoms with Crippen LogP contribution in [0.5, 0.6) is 0 Å². The van der Waals surface area contributed by atoms with Gasteiger partial charge in [-0.05, 0) is 25.7 Å². The van der Waals surface area contributed by atoms with Crippen LogP contribution in [-0.2, 0) is 4.84 Å². The lowest BCUT2D eigenvalue weighted by molar-refractivity contribution is 0.0583. The van der Waals surface area contributed by atoms with Crippen molar-refractivity contribution in [2.75, 3.05) is 0 Å². The van der Waals surface area contributed by atoms with Gasteiger partial charge in [-0.25, -0.2) is 0 Å². The Balaban J connectivity index is 2.45. The standard InChI is InChI=1S/C11H21NO/c1-4-7-8-10-9(5-2)11(6-3)13-12-10/h9,11H,4-8H2,1-3H3. The minimum absolute atomic E-state index is 0.358. The largest absolute Gasteiger partial charge is 0.392 e. The molecule has 0 radical (unpaired) electrons. The van der Waals surface area contributed by atoms with Gasteiger partial charge in [0.15, 0.2) is 0 Å². The Morgan fingerprint density at radius 1 is 1.23 bits per heavy atom. The van der Waals surface area contributed by atoms with Gasteiger partial charge in [-0.3, -0.25) is 0 Å². The first-order valence-electron chi connectivity index (χ1n) is 5.56. The highest BCUT2D eigenvalue weighted by Crippen LogP contribution is 2.26. The summed E-state index contributed by atoms with van der Waals surface area (Å²) in [6.45, 7) is 6.61. The molecule has 2 atom stereocenters. The van der Waals surface area contributed by atoms with Gasteiger partial charge >= 0.3 is 0 Å². The Hall–Kier alpha value is -0.530. The molecule has 1 aliphatic heterocycles. The molecule has 0 amide bonds. The summed E-state index contributed by atoms with van der Waals surface area (Å²) in [7, 11) is 0. The highest BCUT2D eigenvalue weighted by atomic mass is 16.6. The minimum atomic E-state index is 0.358. The molecule has 0 saturated heterocycles. The molecule has 2 heteroatoms. The summed E-state index contributed by atoms with van der Waals surface area (Å²) in [5, 5.41) is 4.19.